The highest BCUT2D eigenvalue weighted by atomic mass is 35.5. The number of aromatic nitrogens is 2. The van der Waals surface area contributed by atoms with E-state index in [1.165, 1.54) is 4.68 Å². The first-order chi connectivity index (χ1) is 9.91. The molecular formula is C14H24ClN3O3. The molecule has 0 aliphatic rings. The molecule has 1 aromatic heterocycles. The SMILES string of the molecule is COCCn1ncc(NCC(C)(C)CCOC)c(Cl)c1=O. The zero-order valence-corrected chi connectivity index (χ0v) is 13.9. The molecule has 120 valence electrons. The molecule has 0 aliphatic heterocycles. The van der Waals surface area contributed by atoms with Gasteiger partial charge in [-0.2, -0.15) is 5.10 Å². The Morgan fingerprint density at radius 1 is 1.33 bits per heavy atom. The van der Waals surface area contributed by atoms with Gasteiger partial charge in [0.2, 0.25) is 0 Å². The highest BCUT2D eigenvalue weighted by Gasteiger charge is 2.18. The first-order valence-electron chi connectivity index (χ1n) is 6.88. The van der Waals surface area contributed by atoms with Crippen molar-refractivity contribution in [3.8, 4) is 0 Å². The van der Waals surface area contributed by atoms with E-state index in [2.05, 4.69) is 24.3 Å². The van der Waals surface area contributed by atoms with Gasteiger partial charge in [0.05, 0.1) is 25.0 Å². The average molecular weight is 318 g/mol. The number of methoxy groups -OCH3 is 2. The lowest BCUT2D eigenvalue weighted by atomic mass is 9.89. The molecule has 6 nitrogen and oxygen atoms in total. The monoisotopic (exact) mass is 317 g/mol. The van der Waals surface area contributed by atoms with Crippen molar-refractivity contribution in [2.24, 2.45) is 5.41 Å². The van der Waals surface area contributed by atoms with E-state index in [0.29, 0.717) is 32.0 Å². The number of ether oxygens (including phenoxy) is 2. The Labute approximate surface area is 130 Å². The van der Waals surface area contributed by atoms with Crippen LogP contribution in [0.1, 0.15) is 20.3 Å². The van der Waals surface area contributed by atoms with Crippen molar-refractivity contribution in [2.75, 3.05) is 39.3 Å². The van der Waals surface area contributed by atoms with Crippen molar-refractivity contribution in [3.05, 3.63) is 21.6 Å². The number of halogens is 1. The van der Waals surface area contributed by atoms with Gasteiger partial charge in [-0.05, 0) is 11.8 Å². The molecule has 21 heavy (non-hydrogen) atoms. The summed E-state index contributed by atoms with van der Waals surface area (Å²) in [7, 11) is 3.26. The maximum Gasteiger partial charge on any atom is 0.287 e. The Morgan fingerprint density at radius 3 is 2.62 bits per heavy atom. The smallest absolute Gasteiger partial charge is 0.287 e. The zero-order chi connectivity index (χ0) is 15.9. The summed E-state index contributed by atoms with van der Waals surface area (Å²) in [5, 5.41) is 7.44. The lowest BCUT2D eigenvalue weighted by molar-refractivity contribution is 0.157. The number of anilines is 1. The van der Waals surface area contributed by atoms with Crippen LogP contribution < -0.4 is 10.9 Å². The fourth-order valence-electron chi connectivity index (χ4n) is 1.73. The first-order valence-corrected chi connectivity index (χ1v) is 7.26. The second kappa shape index (κ2) is 8.36. The molecule has 0 aromatic carbocycles. The van der Waals surface area contributed by atoms with Gasteiger partial charge in [0, 0.05) is 27.4 Å². The highest BCUT2D eigenvalue weighted by Crippen LogP contribution is 2.23. The van der Waals surface area contributed by atoms with Gasteiger partial charge in [0.15, 0.2) is 0 Å². The molecule has 0 amide bonds. The van der Waals surface area contributed by atoms with E-state index in [-0.39, 0.29) is 16.0 Å². The van der Waals surface area contributed by atoms with Crippen molar-refractivity contribution < 1.29 is 9.47 Å². The van der Waals surface area contributed by atoms with Crippen LogP contribution in [-0.4, -0.2) is 43.8 Å². The molecule has 7 heteroatoms. The Hall–Kier alpha value is -1.11. The van der Waals surface area contributed by atoms with E-state index >= 15 is 0 Å². The molecule has 0 radical (unpaired) electrons. The van der Waals surface area contributed by atoms with E-state index in [0.717, 1.165) is 6.42 Å². The number of nitrogens with one attached hydrogen (secondary N) is 1. The maximum absolute atomic E-state index is 12.0. The Bertz CT molecular complexity index is 503. The summed E-state index contributed by atoms with van der Waals surface area (Å²) in [5.74, 6) is 0. The van der Waals surface area contributed by atoms with Crippen LogP contribution in [0.25, 0.3) is 0 Å². The van der Waals surface area contributed by atoms with Crippen molar-refractivity contribution >= 4 is 17.3 Å². The number of hydrogen-bond acceptors (Lipinski definition) is 5. The summed E-state index contributed by atoms with van der Waals surface area (Å²) >= 11 is 6.11. The van der Waals surface area contributed by atoms with Gasteiger partial charge in [-0.25, -0.2) is 4.68 Å². The van der Waals surface area contributed by atoms with E-state index in [1.54, 1.807) is 20.4 Å². The quantitative estimate of drug-likeness (QED) is 0.755. The van der Waals surface area contributed by atoms with Gasteiger partial charge in [0.25, 0.3) is 5.56 Å². The number of rotatable bonds is 9. The highest BCUT2D eigenvalue weighted by molar-refractivity contribution is 6.32. The number of nitrogens with zero attached hydrogens (tertiary/aromatic N) is 2. The minimum Gasteiger partial charge on any atom is -0.385 e. The van der Waals surface area contributed by atoms with Gasteiger partial charge in [0.1, 0.15) is 5.02 Å². The standard InChI is InChI=1S/C14H24ClN3O3/c1-14(2,5-7-20-3)10-16-11-9-17-18(6-8-21-4)13(19)12(11)15/h9,16H,5-8,10H2,1-4H3. The fourth-order valence-corrected chi connectivity index (χ4v) is 1.94. The average Bonchev–Trinajstić information content (AvgIpc) is 2.46. The molecule has 1 N–H and O–H groups in total. The van der Waals surface area contributed by atoms with Crippen LogP contribution in [0.5, 0.6) is 0 Å². The molecule has 0 spiro atoms. The summed E-state index contributed by atoms with van der Waals surface area (Å²) in [6.07, 6.45) is 2.48. The fraction of sp³-hybridized carbons (Fsp3) is 0.714. The molecule has 0 fully saturated rings. The van der Waals surface area contributed by atoms with E-state index < -0.39 is 0 Å². The normalized spacial score (nSPS) is 11.7. The summed E-state index contributed by atoms with van der Waals surface area (Å²) in [4.78, 5) is 12.0. The molecule has 0 aliphatic carbocycles. The van der Waals surface area contributed by atoms with Gasteiger partial charge in [-0.1, -0.05) is 25.4 Å². The molecule has 0 saturated heterocycles. The van der Waals surface area contributed by atoms with Crippen molar-refractivity contribution in [2.45, 2.75) is 26.8 Å². The Kier molecular flexibility index (Phi) is 7.14. The molecule has 1 heterocycles. The predicted octanol–water partition coefficient (Wildman–Crippen LogP) is 2.02. The summed E-state index contributed by atoms with van der Waals surface area (Å²) in [6, 6.07) is 0. The lowest BCUT2D eigenvalue weighted by Gasteiger charge is -2.25. The summed E-state index contributed by atoms with van der Waals surface area (Å²) in [5.41, 5.74) is 0.277. The molecule has 1 aromatic rings. The lowest BCUT2D eigenvalue weighted by Crippen LogP contribution is -2.28. The minimum atomic E-state index is -0.312. The van der Waals surface area contributed by atoms with Crippen LogP contribution in [-0.2, 0) is 16.0 Å². The van der Waals surface area contributed by atoms with E-state index in [1.807, 2.05) is 0 Å². The molecular weight excluding hydrogens is 294 g/mol. The second-order valence-corrected chi connectivity index (χ2v) is 6.03. The second-order valence-electron chi connectivity index (χ2n) is 5.65. The van der Waals surface area contributed by atoms with Crippen LogP contribution in [0.2, 0.25) is 5.02 Å². The van der Waals surface area contributed by atoms with Crippen molar-refractivity contribution in [1.29, 1.82) is 0 Å². The third kappa shape index (κ3) is 5.65. The van der Waals surface area contributed by atoms with Gasteiger partial charge in [-0.15, -0.1) is 0 Å². The zero-order valence-electron chi connectivity index (χ0n) is 13.1. The van der Waals surface area contributed by atoms with Crippen molar-refractivity contribution in [3.63, 3.8) is 0 Å². The molecule has 0 unspecified atom stereocenters. The van der Waals surface area contributed by atoms with Crippen LogP contribution in [0, 0.1) is 5.41 Å². The third-order valence-corrected chi connectivity index (χ3v) is 3.60. The van der Waals surface area contributed by atoms with Crippen LogP contribution in [0.15, 0.2) is 11.0 Å². The largest absolute Gasteiger partial charge is 0.385 e. The summed E-state index contributed by atoms with van der Waals surface area (Å²) in [6.45, 7) is 6.42. The number of hydrogen-bond donors (Lipinski definition) is 1. The van der Waals surface area contributed by atoms with Gasteiger partial charge < -0.3 is 14.8 Å². The Balaban J connectivity index is 2.72. The van der Waals surface area contributed by atoms with E-state index in [9.17, 15) is 4.79 Å². The van der Waals surface area contributed by atoms with Gasteiger partial charge in [-0.3, -0.25) is 4.79 Å². The third-order valence-electron chi connectivity index (χ3n) is 3.23. The Morgan fingerprint density at radius 2 is 2.00 bits per heavy atom. The maximum atomic E-state index is 12.0. The molecule has 0 bridgehead atoms. The van der Waals surface area contributed by atoms with Gasteiger partial charge >= 0.3 is 0 Å². The predicted molar refractivity (Wildman–Crippen MR) is 84.1 cm³/mol. The van der Waals surface area contributed by atoms with Crippen molar-refractivity contribution in [1.82, 2.24) is 9.78 Å². The summed E-state index contributed by atoms with van der Waals surface area (Å²) < 4.78 is 11.3. The molecule has 1 rings (SSSR count). The van der Waals surface area contributed by atoms with Crippen LogP contribution in [0.3, 0.4) is 0 Å². The topological polar surface area (TPSA) is 65.4 Å². The molecule has 0 saturated carbocycles. The minimum absolute atomic E-state index is 0.0320. The van der Waals surface area contributed by atoms with E-state index in [4.69, 9.17) is 21.1 Å². The first kappa shape index (κ1) is 17.9. The van der Waals surface area contributed by atoms with Crippen LogP contribution >= 0.6 is 11.6 Å². The van der Waals surface area contributed by atoms with Crippen LogP contribution in [0.4, 0.5) is 5.69 Å². The molecule has 0 atom stereocenters.